The highest BCUT2D eigenvalue weighted by Crippen LogP contribution is 2.16. The zero-order chi connectivity index (χ0) is 13.6. The number of aliphatic carboxylic acids is 1. The van der Waals surface area contributed by atoms with Crippen LogP contribution in [0.4, 0.5) is 0 Å². The van der Waals surface area contributed by atoms with Gasteiger partial charge in [-0.25, -0.2) is 0 Å². The average Bonchev–Trinajstić information content (AvgIpc) is 2.77. The number of likely N-dealkylation sites (tertiary alicyclic amines) is 1. The number of ether oxygens (including phenoxy) is 1. The first-order chi connectivity index (χ1) is 8.51. The molecule has 2 atom stereocenters. The van der Waals surface area contributed by atoms with Crippen LogP contribution in [0.3, 0.4) is 0 Å². The van der Waals surface area contributed by atoms with Crippen LogP contribution in [0.25, 0.3) is 0 Å². The zero-order valence-corrected chi connectivity index (χ0v) is 11.7. The molecule has 0 spiro atoms. The van der Waals surface area contributed by atoms with E-state index in [1.807, 2.05) is 6.92 Å². The van der Waals surface area contributed by atoms with E-state index in [0.717, 1.165) is 32.5 Å². The van der Waals surface area contributed by atoms with Crippen molar-refractivity contribution in [2.24, 2.45) is 0 Å². The van der Waals surface area contributed by atoms with E-state index in [4.69, 9.17) is 4.74 Å². The van der Waals surface area contributed by atoms with E-state index in [9.17, 15) is 9.90 Å². The van der Waals surface area contributed by atoms with Crippen LogP contribution in [0, 0.1) is 0 Å². The molecule has 1 fully saturated rings. The van der Waals surface area contributed by atoms with Crippen molar-refractivity contribution in [2.75, 3.05) is 33.3 Å². The summed E-state index contributed by atoms with van der Waals surface area (Å²) in [5, 5.41) is 12.3. The molecule has 2 N–H and O–H groups in total. The Morgan fingerprint density at radius 2 is 2.33 bits per heavy atom. The Bertz CT molecular complexity index is 273. The second-order valence-electron chi connectivity index (χ2n) is 5.22. The third-order valence-electron chi connectivity index (χ3n) is 3.75. The highest BCUT2D eigenvalue weighted by Gasteiger charge is 2.31. The molecule has 106 valence electrons. The summed E-state index contributed by atoms with van der Waals surface area (Å²) in [6, 6.07) is 0. The summed E-state index contributed by atoms with van der Waals surface area (Å²) in [5.41, 5.74) is -0.796. The molecule has 1 heterocycles. The summed E-state index contributed by atoms with van der Waals surface area (Å²) in [6.45, 7) is 7.36. The van der Waals surface area contributed by atoms with Crippen molar-refractivity contribution in [1.29, 1.82) is 0 Å². The van der Waals surface area contributed by atoms with E-state index in [2.05, 4.69) is 10.2 Å². The van der Waals surface area contributed by atoms with E-state index in [1.54, 1.807) is 14.0 Å². The van der Waals surface area contributed by atoms with Crippen LogP contribution in [0.15, 0.2) is 0 Å². The lowest BCUT2D eigenvalue weighted by Gasteiger charge is -2.26. The summed E-state index contributed by atoms with van der Waals surface area (Å²) in [5.74, 6) is -0.763. The quantitative estimate of drug-likeness (QED) is 0.678. The lowest BCUT2D eigenvalue weighted by atomic mass is 9.96. The lowest BCUT2D eigenvalue weighted by molar-refractivity contribution is -0.144. The Labute approximate surface area is 109 Å². The second kappa shape index (κ2) is 7.07. The molecule has 0 saturated carbocycles. The van der Waals surface area contributed by atoms with E-state index in [-0.39, 0.29) is 0 Å². The second-order valence-corrected chi connectivity index (χ2v) is 5.22. The molecule has 2 unspecified atom stereocenters. The van der Waals surface area contributed by atoms with Crippen molar-refractivity contribution in [3.8, 4) is 0 Å². The summed E-state index contributed by atoms with van der Waals surface area (Å²) < 4.78 is 5.32. The molecule has 0 aromatic carbocycles. The molecule has 0 radical (unpaired) electrons. The predicted octanol–water partition coefficient (Wildman–Crippen LogP) is 0.940. The van der Waals surface area contributed by atoms with Gasteiger partial charge in [0.15, 0.2) is 0 Å². The molecule has 18 heavy (non-hydrogen) atoms. The first-order valence-corrected chi connectivity index (χ1v) is 6.75. The molecule has 1 aliphatic heterocycles. The third-order valence-corrected chi connectivity index (χ3v) is 3.75. The molecule has 0 aromatic rings. The van der Waals surface area contributed by atoms with E-state index in [0.29, 0.717) is 19.1 Å². The van der Waals surface area contributed by atoms with Gasteiger partial charge in [0.25, 0.3) is 0 Å². The van der Waals surface area contributed by atoms with Gasteiger partial charge in [0.2, 0.25) is 0 Å². The van der Waals surface area contributed by atoms with Gasteiger partial charge in [0.05, 0.1) is 6.10 Å². The Kier molecular flexibility index (Phi) is 6.05. The summed E-state index contributed by atoms with van der Waals surface area (Å²) in [6.07, 6.45) is 2.99. The van der Waals surface area contributed by atoms with Crippen molar-refractivity contribution in [3.63, 3.8) is 0 Å². The van der Waals surface area contributed by atoms with Gasteiger partial charge in [-0.2, -0.15) is 0 Å². The standard InChI is InChI=1S/C13H26N2O3/c1-4-14-13(2,12(16)17)7-5-8-15-9-6-11(10-15)18-3/h11,14H,4-10H2,1-3H3,(H,16,17). The summed E-state index contributed by atoms with van der Waals surface area (Å²) in [4.78, 5) is 13.6. The van der Waals surface area contributed by atoms with Crippen molar-refractivity contribution in [3.05, 3.63) is 0 Å². The molecular formula is C13H26N2O3. The summed E-state index contributed by atoms with van der Waals surface area (Å²) >= 11 is 0. The van der Waals surface area contributed by atoms with E-state index >= 15 is 0 Å². The van der Waals surface area contributed by atoms with Crippen LogP contribution in [0.5, 0.6) is 0 Å². The topological polar surface area (TPSA) is 61.8 Å². The normalized spacial score (nSPS) is 24.1. The van der Waals surface area contributed by atoms with Gasteiger partial charge >= 0.3 is 5.97 Å². The molecule has 0 aromatic heterocycles. The number of likely N-dealkylation sites (N-methyl/N-ethyl adjacent to an activating group) is 1. The Morgan fingerprint density at radius 3 is 2.83 bits per heavy atom. The predicted molar refractivity (Wildman–Crippen MR) is 70.8 cm³/mol. The van der Waals surface area contributed by atoms with Crippen LogP contribution in [-0.2, 0) is 9.53 Å². The lowest BCUT2D eigenvalue weighted by Crippen LogP contribution is -2.49. The van der Waals surface area contributed by atoms with Gasteiger partial charge < -0.3 is 20.1 Å². The maximum Gasteiger partial charge on any atom is 0.323 e. The maximum atomic E-state index is 11.2. The number of carbonyl (C=O) groups is 1. The maximum absolute atomic E-state index is 11.2. The van der Waals surface area contributed by atoms with Gasteiger partial charge in [0, 0.05) is 20.2 Å². The van der Waals surface area contributed by atoms with Crippen LogP contribution < -0.4 is 5.32 Å². The molecule has 1 rings (SSSR count). The average molecular weight is 258 g/mol. The molecule has 0 aliphatic carbocycles. The van der Waals surface area contributed by atoms with E-state index < -0.39 is 11.5 Å². The Balaban J connectivity index is 2.29. The van der Waals surface area contributed by atoms with Crippen LogP contribution >= 0.6 is 0 Å². The van der Waals surface area contributed by atoms with Crippen molar-refractivity contribution in [2.45, 2.75) is 44.8 Å². The third kappa shape index (κ3) is 4.23. The zero-order valence-electron chi connectivity index (χ0n) is 11.7. The first-order valence-electron chi connectivity index (χ1n) is 6.75. The largest absolute Gasteiger partial charge is 0.480 e. The molecular weight excluding hydrogens is 232 g/mol. The number of rotatable bonds is 8. The number of carboxylic acid groups (broad SMARTS) is 1. The molecule has 5 heteroatoms. The van der Waals surface area contributed by atoms with Gasteiger partial charge in [-0.3, -0.25) is 4.79 Å². The van der Waals surface area contributed by atoms with Gasteiger partial charge in [-0.1, -0.05) is 6.92 Å². The van der Waals surface area contributed by atoms with Crippen molar-refractivity contribution < 1.29 is 14.6 Å². The van der Waals surface area contributed by atoms with Crippen molar-refractivity contribution in [1.82, 2.24) is 10.2 Å². The van der Waals surface area contributed by atoms with E-state index in [1.165, 1.54) is 0 Å². The first kappa shape index (κ1) is 15.4. The molecule has 1 saturated heterocycles. The summed E-state index contributed by atoms with van der Waals surface area (Å²) in [7, 11) is 1.75. The Morgan fingerprint density at radius 1 is 1.61 bits per heavy atom. The fourth-order valence-corrected chi connectivity index (χ4v) is 2.51. The number of hydrogen-bond donors (Lipinski definition) is 2. The SMILES string of the molecule is CCNC(C)(CCCN1CCC(OC)C1)C(=O)O. The van der Waals surface area contributed by atoms with Gasteiger partial charge in [0.1, 0.15) is 5.54 Å². The van der Waals surface area contributed by atoms with Crippen LogP contribution in [0.1, 0.15) is 33.1 Å². The number of nitrogens with zero attached hydrogens (tertiary/aromatic N) is 1. The van der Waals surface area contributed by atoms with Crippen molar-refractivity contribution >= 4 is 5.97 Å². The highest BCUT2D eigenvalue weighted by molar-refractivity contribution is 5.78. The molecule has 0 amide bonds. The molecule has 0 bridgehead atoms. The fourth-order valence-electron chi connectivity index (χ4n) is 2.51. The number of nitrogens with one attached hydrogen (secondary N) is 1. The fraction of sp³-hybridized carbons (Fsp3) is 0.923. The Hall–Kier alpha value is -0.650. The smallest absolute Gasteiger partial charge is 0.323 e. The number of hydrogen-bond acceptors (Lipinski definition) is 4. The van der Waals surface area contributed by atoms with Gasteiger partial charge in [-0.05, 0) is 39.3 Å². The van der Waals surface area contributed by atoms with Crippen LogP contribution in [-0.4, -0.2) is 60.9 Å². The van der Waals surface area contributed by atoms with Crippen LogP contribution in [0.2, 0.25) is 0 Å². The minimum absolute atomic E-state index is 0.352. The van der Waals surface area contributed by atoms with Gasteiger partial charge in [-0.15, -0.1) is 0 Å². The minimum atomic E-state index is -0.796. The number of methoxy groups -OCH3 is 1. The number of carboxylic acids is 1. The molecule has 1 aliphatic rings. The minimum Gasteiger partial charge on any atom is -0.480 e. The highest BCUT2D eigenvalue weighted by atomic mass is 16.5. The molecule has 5 nitrogen and oxygen atoms in total. The monoisotopic (exact) mass is 258 g/mol.